The molecule has 0 radical (unpaired) electrons. The number of aromatic nitrogens is 2. The molecule has 1 aliphatic rings. The maximum Gasteiger partial charge on any atom is 0.170 e. The van der Waals surface area contributed by atoms with Crippen LogP contribution in [0.4, 0.5) is 0 Å². The van der Waals surface area contributed by atoms with Gasteiger partial charge in [0, 0.05) is 18.2 Å². The van der Waals surface area contributed by atoms with Gasteiger partial charge in [0.05, 0.1) is 0 Å². The first-order valence-corrected chi connectivity index (χ1v) is 5.68. The summed E-state index contributed by atoms with van der Waals surface area (Å²) in [4.78, 5) is 15.4. The highest BCUT2D eigenvalue weighted by Gasteiger charge is 2.23. The molecular formula is C12H18N2O. The van der Waals surface area contributed by atoms with E-state index in [9.17, 15) is 4.79 Å². The normalized spacial score (nSPS) is 20.4. The summed E-state index contributed by atoms with van der Waals surface area (Å²) in [6.45, 7) is 7.51. The molecule has 1 atom stereocenters. The average molecular weight is 206 g/mol. The van der Waals surface area contributed by atoms with Gasteiger partial charge in [-0.25, -0.2) is 4.98 Å². The van der Waals surface area contributed by atoms with Crippen LogP contribution in [0.3, 0.4) is 0 Å². The maximum atomic E-state index is 10.9. The summed E-state index contributed by atoms with van der Waals surface area (Å²) in [6, 6.07) is 0. The predicted octanol–water partition coefficient (Wildman–Crippen LogP) is 2.40. The van der Waals surface area contributed by atoms with Crippen LogP contribution in [0.15, 0.2) is 0 Å². The molecule has 0 aromatic carbocycles. The molecule has 3 heteroatoms. The fourth-order valence-corrected chi connectivity index (χ4v) is 2.31. The minimum Gasteiger partial charge on any atom is -0.331 e. The SMILES string of the molecule is CC1CCn2c(C(C)C)nc(C=O)c2C1. The van der Waals surface area contributed by atoms with Gasteiger partial charge in [-0.05, 0) is 18.8 Å². The van der Waals surface area contributed by atoms with Gasteiger partial charge in [0.2, 0.25) is 0 Å². The number of carbonyl (C=O) groups excluding carboxylic acids is 1. The number of imidazole rings is 1. The van der Waals surface area contributed by atoms with Crippen molar-refractivity contribution in [2.24, 2.45) is 5.92 Å². The van der Waals surface area contributed by atoms with E-state index in [4.69, 9.17) is 0 Å². The van der Waals surface area contributed by atoms with Crippen molar-refractivity contribution in [2.45, 2.75) is 46.1 Å². The zero-order valence-corrected chi connectivity index (χ0v) is 9.66. The van der Waals surface area contributed by atoms with Crippen molar-refractivity contribution in [1.82, 2.24) is 9.55 Å². The Kier molecular flexibility index (Phi) is 2.63. The first kappa shape index (κ1) is 10.4. The molecule has 3 nitrogen and oxygen atoms in total. The molecule has 82 valence electrons. The highest BCUT2D eigenvalue weighted by Crippen LogP contribution is 2.26. The highest BCUT2D eigenvalue weighted by atomic mass is 16.1. The van der Waals surface area contributed by atoms with Crippen molar-refractivity contribution in [3.8, 4) is 0 Å². The summed E-state index contributed by atoms with van der Waals surface area (Å²) in [5.41, 5.74) is 1.80. The summed E-state index contributed by atoms with van der Waals surface area (Å²) in [5, 5.41) is 0. The van der Waals surface area contributed by atoms with Crippen LogP contribution < -0.4 is 0 Å². The molecule has 1 unspecified atom stereocenters. The maximum absolute atomic E-state index is 10.9. The van der Waals surface area contributed by atoms with Crippen LogP contribution >= 0.6 is 0 Å². The van der Waals surface area contributed by atoms with Crippen molar-refractivity contribution >= 4 is 6.29 Å². The third-order valence-electron chi connectivity index (χ3n) is 3.15. The van der Waals surface area contributed by atoms with E-state index in [2.05, 4.69) is 30.3 Å². The number of rotatable bonds is 2. The number of fused-ring (bicyclic) bond motifs is 1. The lowest BCUT2D eigenvalue weighted by Gasteiger charge is -2.23. The van der Waals surface area contributed by atoms with Crippen molar-refractivity contribution < 1.29 is 4.79 Å². The average Bonchev–Trinajstić information content (AvgIpc) is 2.55. The third kappa shape index (κ3) is 1.71. The molecule has 0 amide bonds. The standard InChI is InChI=1S/C12H18N2O/c1-8(2)12-13-10(7-15)11-6-9(3)4-5-14(11)12/h7-9H,4-6H2,1-3H3. The van der Waals surface area contributed by atoms with Crippen molar-refractivity contribution in [3.63, 3.8) is 0 Å². The van der Waals surface area contributed by atoms with Gasteiger partial charge in [0.15, 0.2) is 6.29 Å². The van der Waals surface area contributed by atoms with Crippen LogP contribution in [-0.4, -0.2) is 15.8 Å². The number of carbonyl (C=O) groups is 1. The number of aldehydes is 1. The molecule has 0 aliphatic carbocycles. The van der Waals surface area contributed by atoms with E-state index in [1.165, 1.54) is 6.42 Å². The monoisotopic (exact) mass is 206 g/mol. The summed E-state index contributed by atoms with van der Waals surface area (Å²) < 4.78 is 2.24. The van der Waals surface area contributed by atoms with Crippen LogP contribution in [0.5, 0.6) is 0 Å². The molecule has 0 fully saturated rings. The van der Waals surface area contributed by atoms with Gasteiger partial charge in [-0.15, -0.1) is 0 Å². The Morgan fingerprint density at radius 2 is 2.27 bits per heavy atom. The Morgan fingerprint density at radius 1 is 1.53 bits per heavy atom. The molecule has 0 N–H and O–H groups in total. The lowest BCUT2D eigenvalue weighted by Crippen LogP contribution is -2.19. The van der Waals surface area contributed by atoms with Crippen LogP contribution in [0, 0.1) is 5.92 Å². The van der Waals surface area contributed by atoms with E-state index in [0.717, 1.165) is 30.8 Å². The third-order valence-corrected chi connectivity index (χ3v) is 3.15. The zero-order valence-electron chi connectivity index (χ0n) is 9.66. The summed E-state index contributed by atoms with van der Waals surface area (Å²) >= 11 is 0. The molecule has 0 saturated carbocycles. The van der Waals surface area contributed by atoms with Crippen molar-refractivity contribution in [2.75, 3.05) is 0 Å². The van der Waals surface area contributed by atoms with Gasteiger partial charge in [-0.3, -0.25) is 4.79 Å². The Morgan fingerprint density at radius 3 is 2.87 bits per heavy atom. The smallest absolute Gasteiger partial charge is 0.170 e. The number of nitrogens with zero attached hydrogens (tertiary/aromatic N) is 2. The summed E-state index contributed by atoms with van der Waals surface area (Å²) in [5.74, 6) is 2.14. The van der Waals surface area contributed by atoms with Crippen molar-refractivity contribution in [3.05, 3.63) is 17.2 Å². The van der Waals surface area contributed by atoms with Gasteiger partial charge >= 0.3 is 0 Å². The fourth-order valence-electron chi connectivity index (χ4n) is 2.31. The first-order chi connectivity index (χ1) is 7.13. The van der Waals surface area contributed by atoms with Crippen LogP contribution in [0.1, 0.15) is 55.1 Å². The van der Waals surface area contributed by atoms with Crippen LogP contribution in [0.25, 0.3) is 0 Å². The van der Waals surface area contributed by atoms with Gasteiger partial charge < -0.3 is 4.57 Å². The molecule has 0 spiro atoms. The molecule has 2 heterocycles. The molecular weight excluding hydrogens is 188 g/mol. The number of hydrogen-bond donors (Lipinski definition) is 0. The zero-order chi connectivity index (χ0) is 11.0. The molecule has 1 aliphatic heterocycles. The van der Waals surface area contributed by atoms with E-state index in [1.807, 2.05) is 0 Å². The second kappa shape index (κ2) is 3.80. The van der Waals surface area contributed by atoms with Crippen molar-refractivity contribution in [1.29, 1.82) is 0 Å². The second-order valence-electron chi connectivity index (χ2n) is 4.82. The molecule has 15 heavy (non-hydrogen) atoms. The lowest BCUT2D eigenvalue weighted by molar-refractivity contribution is 0.111. The topological polar surface area (TPSA) is 34.9 Å². The fraction of sp³-hybridized carbons (Fsp3) is 0.667. The van der Waals surface area contributed by atoms with Gasteiger partial charge in [-0.2, -0.15) is 0 Å². The molecule has 0 saturated heterocycles. The van der Waals surface area contributed by atoms with E-state index < -0.39 is 0 Å². The molecule has 1 aromatic rings. The highest BCUT2D eigenvalue weighted by molar-refractivity contribution is 5.74. The van der Waals surface area contributed by atoms with Crippen LogP contribution in [0.2, 0.25) is 0 Å². The number of hydrogen-bond acceptors (Lipinski definition) is 2. The molecule has 0 bridgehead atoms. The van der Waals surface area contributed by atoms with Gasteiger partial charge in [0.1, 0.15) is 11.5 Å². The summed E-state index contributed by atoms with van der Waals surface area (Å²) in [7, 11) is 0. The molecule has 2 rings (SSSR count). The van der Waals surface area contributed by atoms with E-state index in [1.54, 1.807) is 0 Å². The summed E-state index contributed by atoms with van der Waals surface area (Å²) in [6.07, 6.45) is 3.09. The van der Waals surface area contributed by atoms with Gasteiger partial charge in [0.25, 0.3) is 0 Å². The Hall–Kier alpha value is -1.12. The predicted molar refractivity (Wildman–Crippen MR) is 59.2 cm³/mol. The quantitative estimate of drug-likeness (QED) is 0.696. The van der Waals surface area contributed by atoms with E-state index in [0.29, 0.717) is 17.5 Å². The lowest BCUT2D eigenvalue weighted by atomic mass is 9.97. The second-order valence-corrected chi connectivity index (χ2v) is 4.82. The Balaban J connectivity index is 2.49. The van der Waals surface area contributed by atoms with Gasteiger partial charge in [-0.1, -0.05) is 20.8 Å². The first-order valence-electron chi connectivity index (χ1n) is 5.68. The van der Waals surface area contributed by atoms with E-state index in [-0.39, 0.29) is 0 Å². The molecule has 1 aromatic heterocycles. The van der Waals surface area contributed by atoms with Crippen LogP contribution in [-0.2, 0) is 13.0 Å². The Bertz CT molecular complexity index is 379. The Labute approximate surface area is 90.5 Å². The minimum atomic E-state index is 0.394. The largest absolute Gasteiger partial charge is 0.331 e. The van der Waals surface area contributed by atoms with E-state index >= 15 is 0 Å². The minimum absolute atomic E-state index is 0.394.